The summed E-state index contributed by atoms with van der Waals surface area (Å²) in [5.74, 6) is 0.627. The molecule has 2 N–H and O–H groups in total. The van der Waals surface area contributed by atoms with E-state index in [4.69, 9.17) is 4.74 Å². The fourth-order valence-corrected chi connectivity index (χ4v) is 5.02. The molecule has 0 saturated carbocycles. The van der Waals surface area contributed by atoms with Crippen molar-refractivity contribution in [1.29, 1.82) is 0 Å². The van der Waals surface area contributed by atoms with Gasteiger partial charge < -0.3 is 14.5 Å². The molecule has 1 aromatic carbocycles. The topological polar surface area (TPSA) is 130 Å². The number of fused-ring (bicyclic) bond motifs is 1. The molecule has 1 spiro atoms. The molecule has 0 aliphatic carbocycles. The number of hydrogen-bond acceptors (Lipinski definition) is 9. The van der Waals surface area contributed by atoms with Crippen LogP contribution in [0.4, 0.5) is 22.0 Å². The molecule has 176 valence electrons. The number of imide groups is 2. The molecule has 2 saturated heterocycles. The van der Waals surface area contributed by atoms with Gasteiger partial charge in [0, 0.05) is 31.0 Å². The van der Waals surface area contributed by atoms with Gasteiger partial charge in [0.1, 0.15) is 5.75 Å². The van der Waals surface area contributed by atoms with E-state index in [0.29, 0.717) is 36.7 Å². The van der Waals surface area contributed by atoms with Gasteiger partial charge in [0.25, 0.3) is 11.8 Å². The Morgan fingerprint density at radius 1 is 1.00 bits per heavy atom. The highest BCUT2D eigenvalue weighted by Gasteiger charge is 2.57. The largest absolute Gasteiger partial charge is 0.439 e. The van der Waals surface area contributed by atoms with E-state index in [-0.39, 0.29) is 0 Å². The van der Waals surface area contributed by atoms with Crippen LogP contribution in [0, 0.1) is 0 Å². The molecular formula is C24H21N7O4. The lowest BCUT2D eigenvalue weighted by molar-refractivity contribution is -0.137. The molecule has 3 aromatic rings. The number of carbonyl (C=O) groups excluding carboxylic acids is 3. The highest BCUT2D eigenvalue weighted by atomic mass is 16.5. The van der Waals surface area contributed by atoms with Crippen molar-refractivity contribution in [2.45, 2.75) is 24.8 Å². The zero-order chi connectivity index (χ0) is 24.0. The average molecular weight is 471 g/mol. The van der Waals surface area contributed by atoms with Crippen molar-refractivity contribution >= 4 is 35.0 Å². The van der Waals surface area contributed by atoms with Crippen LogP contribution in [0.1, 0.15) is 18.4 Å². The number of ether oxygens (including phenoxy) is 1. The van der Waals surface area contributed by atoms with E-state index in [0.717, 1.165) is 30.0 Å². The van der Waals surface area contributed by atoms with Crippen LogP contribution in [-0.2, 0) is 16.0 Å². The van der Waals surface area contributed by atoms with Gasteiger partial charge in [-0.05, 0) is 61.2 Å². The number of nitrogens with zero attached hydrogens (tertiary/aromatic N) is 5. The monoisotopic (exact) mass is 471 g/mol. The van der Waals surface area contributed by atoms with Crippen molar-refractivity contribution < 1.29 is 19.1 Å². The number of carbonyl (C=O) groups is 3. The molecule has 3 aliphatic rings. The first-order valence-electron chi connectivity index (χ1n) is 11.3. The van der Waals surface area contributed by atoms with E-state index in [9.17, 15) is 14.4 Å². The second kappa shape index (κ2) is 8.05. The van der Waals surface area contributed by atoms with Gasteiger partial charge in [0.2, 0.25) is 5.88 Å². The van der Waals surface area contributed by atoms with Crippen LogP contribution >= 0.6 is 0 Å². The van der Waals surface area contributed by atoms with Gasteiger partial charge in [-0.2, -0.15) is 5.10 Å². The molecule has 2 aromatic heterocycles. The zero-order valence-electron chi connectivity index (χ0n) is 18.6. The smallest absolute Gasteiger partial charge is 0.328 e. The summed E-state index contributed by atoms with van der Waals surface area (Å²) in [5.41, 5.74) is 1.37. The first-order valence-corrected chi connectivity index (χ1v) is 11.3. The van der Waals surface area contributed by atoms with E-state index in [1.807, 2.05) is 30.3 Å². The summed E-state index contributed by atoms with van der Waals surface area (Å²) in [4.78, 5) is 45.0. The summed E-state index contributed by atoms with van der Waals surface area (Å²) in [6.45, 7) is 1.30. The number of urea groups is 1. The Morgan fingerprint density at radius 3 is 2.60 bits per heavy atom. The SMILES string of the molecule is O=C1NC(=O)C2(CCCN2c2ccc(Oc3ccc4c(c3)CCN4c3cccnn3)nc2)C(=O)N1. The molecule has 0 unspecified atom stereocenters. The maximum Gasteiger partial charge on any atom is 0.328 e. The third kappa shape index (κ3) is 3.43. The summed E-state index contributed by atoms with van der Waals surface area (Å²) < 4.78 is 5.98. The normalized spacial score (nSPS) is 18.5. The molecule has 35 heavy (non-hydrogen) atoms. The predicted molar refractivity (Wildman–Crippen MR) is 124 cm³/mol. The summed E-state index contributed by atoms with van der Waals surface area (Å²) in [6.07, 6.45) is 5.03. The number of aromatic nitrogens is 3. The number of nitrogens with one attached hydrogen (secondary N) is 2. The van der Waals surface area contributed by atoms with Gasteiger partial charge in [0.15, 0.2) is 11.4 Å². The van der Waals surface area contributed by atoms with Crippen LogP contribution in [0.25, 0.3) is 0 Å². The molecule has 5 heterocycles. The molecule has 2 fully saturated rings. The minimum absolute atomic E-state index is 0.316. The van der Waals surface area contributed by atoms with Crippen LogP contribution in [0.5, 0.6) is 11.6 Å². The summed E-state index contributed by atoms with van der Waals surface area (Å²) >= 11 is 0. The summed E-state index contributed by atoms with van der Waals surface area (Å²) in [5, 5.41) is 12.6. The van der Waals surface area contributed by atoms with E-state index in [1.54, 1.807) is 29.4 Å². The van der Waals surface area contributed by atoms with Crippen molar-refractivity contribution in [3.05, 3.63) is 60.4 Å². The number of rotatable bonds is 4. The van der Waals surface area contributed by atoms with Crippen molar-refractivity contribution in [3.8, 4) is 11.6 Å². The standard InChI is InChI=1S/C24H21N7O4/c32-21-24(22(33)28-23(34)27-21)9-2-11-31(24)16-4-7-20(25-14-16)35-17-5-6-18-15(13-17)8-12-30(18)19-3-1-10-26-29-19/h1,3-7,10,13-14H,2,8-9,11-12H2,(H2,27,28,32,33,34). The molecule has 0 atom stereocenters. The van der Waals surface area contributed by atoms with Crippen LogP contribution < -0.4 is 25.2 Å². The first kappa shape index (κ1) is 21.0. The summed E-state index contributed by atoms with van der Waals surface area (Å²) in [7, 11) is 0. The van der Waals surface area contributed by atoms with Gasteiger partial charge in [-0.1, -0.05) is 0 Å². The van der Waals surface area contributed by atoms with Gasteiger partial charge in [0.05, 0.1) is 11.9 Å². The Bertz CT molecular complexity index is 1310. The highest BCUT2D eigenvalue weighted by molar-refractivity contribution is 6.24. The molecule has 0 bridgehead atoms. The minimum atomic E-state index is -1.45. The Balaban J connectivity index is 1.20. The zero-order valence-corrected chi connectivity index (χ0v) is 18.6. The number of barbiturate groups is 1. The van der Waals surface area contributed by atoms with Crippen LogP contribution in [0.3, 0.4) is 0 Å². The van der Waals surface area contributed by atoms with E-state index in [1.165, 1.54) is 0 Å². The van der Waals surface area contributed by atoms with Crippen molar-refractivity contribution in [3.63, 3.8) is 0 Å². The Hall–Kier alpha value is -4.54. The van der Waals surface area contributed by atoms with E-state index >= 15 is 0 Å². The molecule has 3 aliphatic heterocycles. The molecule has 0 radical (unpaired) electrons. The second-order valence-electron chi connectivity index (χ2n) is 8.58. The lowest BCUT2D eigenvalue weighted by atomic mass is 9.92. The third-order valence-corrected chi connectivity index (χ3v) is 6.62. The maximum absolute atomic E-state index is 12.6. The van der Waals surface area contributed by atoms with E-state index in [2.05, 4.69) is 30.7 Å². The number of benzene rings is 1. The molecule has 4 amide bonds. The molecule has 11 heteroatoms. The first-order chi connectivity index (χ1) is 17.0. The predicted octanol–water partition coefficient (Wildman–Crippen LogP) is 2.06. The van der Waals surface area contributed by atoms with E-state index < -0.39 is 23.4 Å². The van der Waals surface area contributed by atoms with Gasteiger partial charge in [-0.15, -0.1) is 5.10 Å². The van der Waals surface area contributed by atoms with Gasteiger partial charge >= 0.3 is 6.03 Å². The lowest BCUT2D eigenvalue weighted by Crippen LogP contribution is -2.71. The maximum atomic E-state index is 12.6. The number of hydrogen-bond donors (Lipinski definition) is 2. The third-order valence-electron chi connectivity index (χ3n) is 6.62. The minimum Gasteiger partial charge on any atom is -0.439 e. The summed E-state index contributed by atoms with van der Waals surface area (Å²) in [6, 6.07) is 12.3. The number of anilines is 3. The van der Waals surface area contributed by atoms with Crippen molar-refractivity contribution in [2.75, 3.05) is 22.9 Å². The molecular weight excluding hydrogens is 450 g/mol. The van der Waals surface area contributed by atoms with Crippen molar-refractivity contribution in [1.82, 2.24) is 25.8 Å². The quantitative estimate of drug-likeness (QED) is 0.549. The Kier molecular flexibility index (Phi) is 4.83. The fraction of sp³-hybridized carbons (Fsp3) is 0.250. The Morgan fingerprint density at radius 2 is 1.86 bits per heavy atom. The molecule has 6 rings (SSSR count). The van der Waals surface area contributed by atoms with Crippen LogP contribution in [-0.4, -0.2) is 51.7 Å². The van der Waals surface area contributed by atoms with Crippen molar-refractivity contribution in [2.24, 2.45) is 0 Å². The fourth-order valence-electron chi connectivity index (χ4n) is 5.02. The second-order valence-corrected chi connectivity index (χ2v) is 8.58. The average Bonchev–Trinajstić information content (AvgIpc) is 3.49. The lowest BCUT2D eigenvalue weighted by Gasteiger charge is -2.38. The molecule has 11 nitrogen and oxygen atoms in total. The highest BCUT2D eigenvalue weighted by Crippen LogP contribution is 2.38. The van der Waals surface area contributed by atoms with Gasteiger partial charge in [-0.3, -0.25) is 20.2 Å². The van der Waals surface area contributed by atoms with Gasteiger partial charge in [-0.25, -0.2) is 9.78 Å². The number of pyridine rings is 1. The van der Waals surface area contributed by atoms with Crippen LogP contribution in [0.15, 0.2) is 54.9 Å². The van der Waals surface area contributed by atoms with Crippen LogP contribution in [0.2, 0.25) is 0 Å². The Labute approximate surface area is 200 Å². The number of amides is 4.